The molecule has 0 bridgehead atoms. The number of hydrogen-bond acceptors (Lipinski definition) is 4. The lowest BCUT2D eigenvalue weighted by atomic mass is 10.3. The topological polar surface area (TPSA) is 79.4 Å². The summed E-state index contributed by atoms with van der Waals surface area (Å²) < 4.78 is 0. The van der Waals surface area contributed by atoms with Gasteiger partial charge in [0.15, 0.2) is 0 Å². The van der Waals surface area contributed by atoms with Crippen molar-refractivity contribution in [1.29, 1.82) is 0 Å². The maximum absolute atomic E-state index is 7.12. The summed E-state index contributed by atoms with van der Waals surface area (Å²) in [6, 6.07) is 3.80. The van der Waals surface area contributed by atoms with Gasteiger partial charge in [0, 0.05) is 6.20 Å². The minimum absolute atomic E-state index is 0.618. The van der Waals surface area contributed by atoms with Crippen LogP contribution in [0.3, 0.4) is 0 Å². The van der Waals surface area contributed by atoms with Crippen molar-refractivity contribution in [2.75, 3.05) is 5.73 Å². The van der Waals surface area contributed by atoms with Crippen LogP contribution >= 0.6 is 0 Å². The van der Waals surface area contributed by atoms with Crippen LogP contribution in [0.5, 0.6) is 0 Å². The zero-order chi connectivity index (χ0) is 8.69. The summed E-state index contributed by atoms with van der Waals surface area (Å²) in [5, 5.41) is 14.2. The van der Waals surface area contributed by atoms with E-state index in [1.165, 1.54) is 0 Å². The van der Waals surface area contributed by atoms with E-state index in [0.717, 1.165) is 5.56 Å². The van der Waals surface area contributed by atoms with Crippen LogP contribution in [-0.4, -0.2) is 22.7 Å². The van der Waals surface area contributed by atoms with Crippen molar-refractivity contribution >= 4 is 13.5 Å². The number of aromatic nitrogens is 1. The van der Waals surface area contributed by atoms with Crippen LogP contribution < -0.4 is 5.73 Å². The molecule has 1 rings (SSSR count). The Kier molecular flexibility index (Phi) is 5.15. The third-order valence-electron chi connectivity index (χ3n) is 1.05. The first-order valence-corrected chi connectivity index (χ1v) is 3.11. The Morgan fingerprint density at radius 3 is 2.36 bits per heavy atom. The molecule has 5 heteroatoms. The van der Waals surface area contributed by atoms with E-state index in [0.29, 0.717) is 5.82 Å². The Bertz CT molecular complexity index is 187. The van der Waals surface area contributed by atoms with Crippen molar-refractivity contribution < 1.29 is 10.0 Å². The number of rotatable bonds is 0. The van der Waals surface area contributed by atoms with Crippen molar-refractivity contribution in [2.45, 2.75) is 6.92 Å². The number of nitrogens with zero attached hydrogens (tertiary/aromatic N) is 1. The second kappa shape index (κ2) is 5.70. The maximum Gasteiger partial charge on any atom is 0.432 e. The van der Waals surface area contributed by atoms with Gasteiger partial charge in [0.25, 0.3) is 0 Å². The van der Waals surface area contributed by atoms with Gasteiger partial charge in [0.05, 0.1) is 0 Å². The van der Waals surface area contributed by atoms with Crippen molar-refractivity contribution in [3.63, 3.8) is 0 Å². The van der Waals surface area contributed by atoms with Crippen LogP contribution in [0.25, 0.3) is 0 Å². The molecule has 0 saturated heterocycles. The summed E-state index contributed by atoms with van der Waals surface area (Å²) in [4.78, 5) is 3.86. The molecular weight excluding hydrogens is 143 g/mol. The lowest BCUT2D eigenvalue weighted by Crippen LogP contribution is -1.90. The monoisotopic (exact) mass is 154 g/mol. The highest BCUT2D eigenvalue weighted by atomic mass is 16.4. The van der Waals surface area contributed by atoms with Gasteiger partial charge in [-0.2, -0.15) is 0 Å². The third kappa shape index (κ3) is 4.35. The molecule has 0 fully saturated rings. The summed E-state index contributed by atoms with van der Waals surface area (Å²) >= 11 is 0. The van der Waals surface area contributed by atoms with Crippen molar-refractivity contribution in [2.24, 2.45) is 0 Å². The standard InChI is InChI=1S/C6H8N2.BH3O2/c1-5-3-2-4-8-6(5)7;2-1-3/h2-4H,1H3,(H2,7,8);1-3H. The molecule has 0 saturated carbocycles. The number of anilines is 1. The highest BCUT2D eigenvalue weighted by molar-refractivity contribution is 6.13. The van der Waals surface area contributed by atoms with Crippen LogP contribution in [0, 0.1) is 6.92 Å². The SMILES string of the molecule is Cc1cccnc1N.OBO. The van der Waals surface area contributed by atoms with E-state index in [2.05, 4.69) is 4.98 Å². The molecule has 1 aromatic rings. The highest BCUT2D eigenvalue weighted by Crippen LogP contribution is 2.01. The van der Waals surface area contributed by atoms with E-state index in [1.54, 1.807) is 6.20 Å². The van der Waals surface area contributed by atoms with E-state index in [-0.39, 0.29) is 0 Å². The van der Waals surface area contributed by atoms with Gasteiger partial charge in [0.1, 0.15) is 5.82 Å². The molecule has 0 aromatic carbocycles. The minimum atomic E-state index is -0.750. The van der Waals surface area contributed by atoms with Gasteiger partial charge in [-0.1, -0.05) is 6.07 Å². The molecule has 1 heterocycles. The quantitative estimate of drug-likeness (QED) is 0.428. The zero-order valence-corrected chi connectivity index (χ0v) is 6.36. The molecule has 0 aliphatic heterocycles. The Labute approximate surface area is 66.0 Å². The Hall–Kier alpha value is -1.07. The third-order valence-corrected chi connectivity index (χ3v) is 1.05. The molecule has 0 radical (unpaired) electrons. The predicted molar refractivity (Wildman–Crippen MR) is 45.0 cm³/mol. The molecule has 60 valence electrons. The highest BCUT2D eigenvalue weighted by Gasteiger charge is 1.86. The van der Waals surface area contributed by atoms with Crippen LogP contribution in [-0.2, 0) is 0 Å². The first-order chi connectivity index (χ1) is 5.22. The summed E-state index contributed by atoms with van der Waals surface area (Å²) in [5.41, 5.74) is 6.44. The van der Waals surface area contributed by atoms with Gasteiger partial charge in [-0.3, -0.25) is 0 Å². The fourth-order valence-corrected chi connectivity index (χ4v) is 0.498. The van der Waals surface area contributed by atoms with E-state index < -0.39 is 7.69 Å². The second-order valence-corrected chi connectivity index (χ2v) is 1.85. The van der Waals surface area contributed by atoms with Crippen molar-refractivity contribution in [3.8, 4) is 0 Å². The molecular formula is C6H11BN2O2. The van der Waals surface area contributed by atoms with E-state index in [1.807, 2.05) is 19.1 Å². The Morgan fingerprint density at radius 1 is 1.55 bits per heavy atom. The molecule has 4 nitrogen and oxygen atoms in total. The van der Waals surface area contributed by atoms with E-state index in [4.69, 9.17) is 15.8 Å². The maximum atomic E-state index is 7.12. The molecule has 0 spiro atoms. The lowest BCUT2D eigenvalue weighted by molar-refractivity contribution is 0.448. The number of nitrogen functional groups attached to an aromatic ring is 1. The van der Waals surface area contributed by atoms with Crippen molar-refractivity contribution in [1.82, 2.24) is 4.98 Å². The molecule has 4 N–H and O–H groups in total. The summed E-state index contributed by atoms with van der Waals surface area (Å²) in [5.74, 6) is 0.618. The molecule has 0 aliphatic carbocycles. The molecule has 0 aliphatic rings. The van der Waals surface area contributed by atoms with E-state index in [9.17, 15) is 0 Å². The van der Waals surface area contributed by atoms with Crippen LogP contribution in [0.2, 0.25) is 0 Å². The predicted octanol–water partition coefficient (Wildman–Crippen LogP) is -0.790. The molecule has 0 atom stereocenters. The van der Waals surface area contributed by atoms with Gasteiger partial charge < -0.3 is 15.8 Å². The summed E-state index contributed by atoms with van der Waals surface area (Å²) in [6.45, 7) is 1.93. The molecule has 0 amide bonds. The van der Waals surface area contributed by atoms with E-state index >= 15 is 0 Å². The lowest BCUT2D eigenvalue weighted by Gasteiger charge is -1.92. The number of aryl methyl sites for hydroxylation is 1. The molecule has 0 unspecified atom stereocenters. The zero-order valence-electron chi connectivity index (χ0n) is 6.36. The fraction of sp³-hybridized carbons (Fsp3) is 0.167. The van der Waals surface area contributed by atoms with Crippen LogP contribution in [0.15, 0.2) is 18.3 Å². The van der Waals surface area contributed by atoms with Gasteiger partial charge >= 0.3 is 7.69 Å². The smallest absolute Gasteiger partial charge is 0.430 e. The molecule has 1 aromatic heterocycles. The average molecular weight is 154 g/mol. The normalized spacial score (nSPS) is 7.91. The Balaban J connectivity index is 0.000000292. The number of nitrogens with two attached hydrogens (primary N) is 1. The number of pyridine rings is 1. The summed E-state index contributed by atoms with van der Waals surface area (Å²) in [7, 11) is -0.750. The average Bonchev–Trinajstić information content (AvgIpc) is 1.97. The van der Waals surface area contributed by atoms with Crippen molar-refractivity contribution in [3.05, 3.63) is 23.9 Å². The second-order valence-electron chi connectivity index (χ2n) is 1.85. The largest absolute Gasteiger partial charge is 0.432 e. The van der Waals surface area contributed by atoms with Gasteiger partial charge in [-0.25, -0.2) is 4.98 Å². The van der Waals surface area contributed by atoms with Gasteiger partial charge in [0.2, 0.25) is 0 Å². The first-order valence-electron chi connectivity index (χ1n) is 3.11. The van der Waals surface area contributed by atoms with Crippen LogP contribution in [0.1, 0.15) is 5.56 Å². The number of hydrogen-bond donors (Lipinski definition) is 3. The van der Waals surface area contributed by atoms with Crippen LogP contribution in [0.4, 0.5) is 5.82 Å². The summed E-state index contributed by atoms with van der Waals surface area (Å²) in [6.07, 6.45) is 1.68. The minimum Gasteiger partial charge on any atom is -0.430 e. The Morgan fingerprint density at radius 2 is 2.09 bits per heavy atom. The molecule has 11 heavy (non-hydrogen) atoms. The first kappa shape index (κ1) is 9.93. The van der Waals surface area contributed by atoms with Gasteiger partial charge in [-0.05, 0) is 18.6 Å². The van der Waals surface area contributed by atoms with Gasteiger partial charge in [-0.15, -0.1) is 0 Å². The fourth-order valence-electron chi connectivity index (χ4n) is 0.498.